The van der Waals surface area contributed by atoms with Crippen LogP contribution in [0.4, 0.5) is 5.82 Å². The summed E-state index contributed by atoms with van der Waals surface area (Å²) in [4.78, 5) is 10.7. The minimum atomic E-state index is -0.219. The van der Waals surface area contributed by atoms with Gasteiger partial charge in [0, 0.05) is 50.1 Å². The number of aliphatic hydroxyl groups excluding tert-OH is 1. The van der Waals surface area contributed by atoms with Gasteiger partial charge in [-0.3, -0.25) is 4.68 Å². The lowest BCUT2D eigenvalue weighted by Gasteiger charge is -2.33. The predicted octanol–water partition coefficient (Wildman–Crippen LogP) is 2.87. The number of fused-ring (bicyclic) bond motifs is 1. The van der Waals surface area contributed by atoms with Gasteiger partial charge in [0.25, 0.3) is 0 Å². The van der Waals surface area contributed by atoms with Crippen molar-refractivity contribution in [1.82, 2.24) is 19.7 Å². The number of piperidine rings is 1. The van der Waals surface area contributed by atoms with Crippen molar-refractivity contribution in [3.05, 3.63) is 40.9 Å². The summed E-state index contributed by atoms with van der Waals surface area (Å²) < 4.78 is 8.00. The van der Waals surface area contributed by atoms with Crippen LogP contribution in [0.5, 0.6) is 5.75 Å². The molecule has 4 rings (SSSR count). The fourth-order valence-electron chi connectivity index (χ4n) is 3.48. The molecule has 0 aliphatic carbocycles. The summed E-state index contributed by atoms with van der Waals surface area (Å²) in [6.45, 7) is 3.33. The van der Waals surface area contributed by atoms with E-state index in [2.05, 4.69) is 20.0 Å². The first-order chi connectivity index (χ1) is 13.0. The number of ether oxygens (including phenoxy) is 1. The van der Waals surface area contributed by atoms with E-state index in [1.54, 1.807) is 0 Å². The SMILES string of the molecule is Cc1c(Cl)nc(CO)nc1N1CCC(Oc2ccc3nn(C)cc3c2)CC1. The van der Waals surface area contributed by atoms with Crippen molar-refractivity contribution in [1.29, 1.82) is 0 Å². The maximum atomic E-state index is 9.33. The van der Waals surface area contributed by atoms with Gasteiger partial charge < -0.3 is 14.7 Å². The molecule has 0 radical (unpaired) electrons. The molecule has 1 saturated heterocycles. The van der Waals surface area contributed by atoms with Crippen molar-refractivity contribution in [2.75, 3.05) is 18.0 Å². The lowest BCUT2D eigenvalue weighted by molar-refractivity contribution is 0.171. The molecule has 0 saturated carbocycles. The van der Waals surface area contributed by atoms with Gasteiger partial charge >= 0.3 is 0 Å². The summed E-state index contributed by atoms with van der Waals surface area (Å²) in [6.07, 6.45) is 3.93. The maximum absolute atomic E-state index is 9.33. The molecule has 0 unspecified atom stereocenters. The Morgan fingerprint density at radius 2 is 2.04 bits per heavy atom. The molecule has 27 heavy (non-hydrogen) atoms. The lowest BCUT2D eigenvalue weighted by Crippen LogP contribution is -2.39. The Morgan fingerprint density at radius 3 is 2.78 bits per heavy atom. The van der Waals surface area contributed by atoms with Crippen LogP contribution in [-0.2, 0) is 13.7 Å². The smallest absolute Gasteiger partial charge is 0.157 e. The fraction of sp³-hybridized carbons (Fsp3) is 0.421. The summed E-state index contributed by atoms with van der Waals surface area (Å²) in [6, 6.07) is 6.00. The van der Waals surface area contributed by atoms with Gasteiger partial charge in [-0.15, -0.1) is 0 Å². The topological polar surface area (TPSA) is 76.3 Å². The molecule has 0 atom stereocenters. The van der Waals surface area contributed by atoms with E-state index in [1.165, 1.54) is 0 Å². The van der Waals surface area contributed by atoms with Gasteiger partial charge in [-0.05, 0) is 25.1 Å². The average molecular weight is 388 g/mol. The van der Waals surface area contributed by atoms with Crippen LogP contribution in [0, 0.1) is 6.92 Å². The van der Waals surface area contributed by atoms with Crippen molar-refractivity contribution in [2.24, 2.45) is 7.05 Å². The number of benzene rings is 1. The maximum Gasteiger partial charge on any atom is 0.157 e. The van der Waals surface area contributed by atoms with Gasteiger partial charge in [-0.1, -0.05) is 11.6 Å². The van der Waals surface area contributed by atoms with Crippen LogP contribution in [0.25, 0.3) is 10.9 Å². The Hall–Kier alpha value is -2.38. The zero-order valence-corrected chi connectivity index (χ0v) is 16.1. The second kappa shape index (κ2) is 7.32. The first kappa shape index (κ1) is 18.0. The van der Waals surface area contributed by atoms with E-state index in [1.807, 2.05) is 43.0 Å². The number of aromatic nitrogens is 4. The number of nitrogens with zero attached hydrogens (tertiary/aromatic N) is 5. The van der Waals surface area contributed by atoms with Crippen LogP contribution in [-0.4, -0.2) is 44.0 Å². The van der Waals surface area contributed by atoms with Crippen LogP contribution in [0.2, 0.25) is 5.15 Å². The molecular weight excluding hydrogens is 366 g/mol. The standard InChI is InChI=1S/C19H22ClN5O2/c1-12-18(20)21-17(11-26)22-19(12)25-7-5-14(6-8-25)27-15-3-4-16-13(9-15)10-24(2)23-16/h3-4,9-10,14,26H,5-8,11H2,1-2H3. The molecule has 7 nitrogen and oxygen atoms in total. The van der Waals surface area contributed by atoms with Crippen molar-refractivity contribution < 1.29 is 9.84 Å². The summed E-state index contributed by atoms with van der Waals surface area (Å²) >= 11 is 6.18. The molecule has 3 aromatic rings. The van der Waals surface area contributed by atoms with Crippen LogP contribution in [0.3, 0.4) is 0 Å². The van der Waals surface area contributed by atoms with Crippen LogP contribution in [0.15, 0.2) is 24.4 Å². The van der Waals surface area contributed by atoms with E-state index in [9.17, 15) is 5.11 Å². The highest BCUT2D eigenvalue weighted by Gasteiger charge is 2.24. The number of hydrogen-bond acceptors (Lipinski definition) is 6. The summed E-state index contributed by atoms with van der Waals surface area (Å²) in [5, 5.41) is 15.2. The molecule has 1 aliphatic rings. The van der Waals surface area contributed by atoms with E-state index in [4.69, 9.17) is 16.3 Å². The van der Waals surface area contributed by atoms with Crippen molar-refractivity contribution in [3.8, 4) is 5.75 Å². The molecule has 1 aromatic carbocycles. The van der Waals surface area contributed by atoms with Gasteiger partial charge in [0.05, 0.1) is 5.52 Å². The molecule has 3 heterocycles. The van der Waals surface area contributed by atoms with Gasteiger partial charge in [0.15, 0.2) is 5.82 Å². The van der Waals surface area contributed by atoms with Crippen molar-refractivity contribution >= 4 is 28.3 Å². The Morgan fingerprint density at radius 1 is 1.26 bits per heavy atom. The number of rotatable bonds is 4. The third kappa shape index (κ3) is 3.70. The molecule has 1 aliphatic heterocycles. The molecule has 0 spiro atoms. The molecule has 1 fully saturated rings. The van der Waals surface area contributed by atoms with Crippen LogP contribution in [0.1, 0.15) is 24.2 Å². The second-order valence-electron chi connectivity index (χ2n) is 6.87. The Kier molecular flexibility index (Phi) is 4.88. The highest BCUT2D eigenvalue weighted by Crippen LogP contribution is 2.28. The first-order valence-corrected chi connectivity index (χ1v) is 9.40. The van der Waals surface area contributed by atoms with Crippen LogP contribution >= 0.6 is 11.6 Å². The van der Waals surface area contributed by atoms with E-state index < -0.39 is 0 Å². The van der Waals surface area contributed by atoms with E-state index in [0.29, 0.717) is 11.0 Å². The molecule has 2 aromatic heterocycles. The van der Waals surface area contributed by atoms with E-state index in [-0.39, 0.29) is 12.7 Å². The molecule has 8 heteroatoms. The zero-order valence-electron chi connectivity index (χ0n) is 15.4. The molecule has 142 valence electrons. The minimum Gasteiger partial charge on any atom is -0.490 e. The highest BCUT2D eigenvalue weighted by molar-refractivity contribution is 6.30. The number of halogens is 1. The molecule has 0 bridgehead atoms. The second-order valence-corrected chi connectivity index (χ2v) is 7.22. The lowest BCUT2D eigenvalue weighted by atomic mass is 10.1. The van der Waals surface area contributed by atoms with Gasteiger partial charge in [0.2, 0.25) is 0 Å². The van der Waals surface area contributed by atoms with Crippen LogP contribution < -0.4 is 9.64 Å². The molecule has 0 amide bonds. The Labute approximate surface area is 162 Å². The van der Waals surface area contributed by atoms with Gasteiger partial charge in [-0.25, -0.2) is 9.97 Å². The average Bonchev–Trinajstić information content (AvgIpc) is 3.04. The zero-order chi connectivity index (χ0) is 19.0. The number of anilines is 1. The largest absolute Gasteiger partial charge is 0.490 e. The predicted molar refractivity (Wildman–Crippen MR) is 104 cm³/mol. The van der Waals surface area contributed by atoms with Crippen molar-refractivity contribution in [2.45, 2.75) is 32.5 Å². The molecular formula is C19H22ClN5O2. The quantitative estimate of drug-likeness (QED) is 0.694. The van der Waals surface area contributed by atoms with Gasteiger partial charge in [-0.2, -0.15) is 5.10 Å². The normalized spacial score (nSPS) is 15.5. The summed E-state index contributed by atoms with van der Waals surface area (Å²) in [5.74, 6) is 2.02. The minimum absolute atomic E-state index is 0.158. The Balaban J connectivity index is 1.43. The summed E-state index contributed by atoms with van der Waals surface area (Å²) in [7, 11) is 1.92. The van der Waals surface area contributed by atoms with Gasteiger partial charge in [0.1, 0.15) is 29.4 Å². The molecule has 1 N–H and O–H groups in total. The highest BCUT2D eigenvalue weighted by atomic mass is 35.5. The number of hydrogen-bond donors (Lipinski definition) is 1. The van der Waals surface area contributed by atoms with E-state index >= 15 is 0 Å². The first-order valence-electron chi connectivity index (χ1n) is 9.02. The van der Waals surface area contributed by atoms with E-state index in [0.717, 1.165) is 54.0 Å². The monoisotopic (exact) mass is 387 g/mol. The third-order valence-corrected chi connectivity index (χ3v) is 5.25. The number of aryl methyl sites for hydroxylation is 1. The number of aliphatic hydroxyl groups is 1. The fourth-order valence-corrected chi connectivity index (χ4v) is 3.66. The Bertz CT molecular complexity index is 966. The van der Waals surface area contributed by atoms with Crippen molar-refractivity contribution in [3.63, 3.8) is 0 Å². The summed E-state index contributed by atoms with van der Waals surface area (Å²) in [5.41, 5.74) is 1.81. The third-order valence-electron chi connectivity index (χ3n) is 4.88.